The predicted molar refractivity (Wildman–Crippen MR) is 186 cm³/mol. The lowest BCUT2D eigenvalue weighted by Crippen LogP contribution is -2.58. The number of carbonyl (C=O) groups is 1. The highest BCUT2D eigenvalue weighted by molar-refractivity contribution is 5.88. The van der Waals surface area contributed by atoms with E-state index in [0.29, 0.717) is 23.8 Å². The van der Waals surface area contributed by atoms with Crippen molar-refractivity contribution in [2.45, 2.75) is 76.0 Å². The van der Waals surface area contributed by atoms with Crippen LogP contribution in [0.2, 0.25) is 0 Å². The van der Waals surface area contributed by atoms with E-state index in [9.17, 15) is 9.90 Å². The molecule has 7 nitrogen and oxygen atoms in total. The van der Waals surface area contributed by atoms with E-state index in [1.165, 1.54) is 68.4 Å². The molecule has 10 rings (SSSR count). The lowest BCUT2D eigenvalue weighted by atomic mass is 9.64. The van der Waals surface area contributed by atoms with Crippen LogP contribution in [0, 0.1) is 23.7 Å². The quantitative estimate of drug-likeness (QED) is 0.187. The second kappa shape index (κ2) is 11.1. The van der Waals surface area contributed by atoms with Crippen LogP contribution in [-0.2, 0) is 22.4 Å². The van der Waals surface area contributed by atoms with Gasteiger partial charge in [-0.05, 0) is 93.7 Å². The monoisotopic (exact) mass is 632 g/mol. The second-order valence-electron chi connectivity index (χ2n) is 15.5. The molecule has 3 saturated heterocycles. The number of para-hydroxylation sites is 1. The highest BCUT2D eigenvalue weighted by Gasteiger charge is 2.51. The van der Waals surface area contributed by atoms with Gasteiger partial charge in [0, 0.05) is 82.7 Å². The number of likely N-dealkylation sites (tertiary alicyclic amines) is 1. The zero-order valence-electron chi connectivity index (χ0n) is 28.1. The number of ether oxygens (including phenoxy) is 1. The molecule has 10 atom stereocenters. The number of hydrogen-bond donors (Lipinski definition) is 3. The molecule has 4 fully saturated rings. The van der Waals surface area contributed by atoms with E-state index in [4.69, 9.17) is 4.74 Å². The Morgan fingerprint density at radius 2 is 1.83 bits per heavy atom. The number of aromatic nitrogens is 2. The number of benzene rings is 2. The van der Waals surface area contributed by atoms with Crippen molar-refractivity contribution >= 4 is 27.8 Å². The van der Waals surface area contributed by atoms with E-state index in [0.717, 1.165) is 38.8 Å². The Morgan fingerprint density at radius 3 is 2.64 bits per heavy atom. The molecule has 4 aromatic rings. The van der Waals surface area contributed by atoms with Crippen molar-refractivity contribution in [3.05, 3.63) is 82.2 Å². The molecule has 0 spiro atoms. The first-order valence-electron chi connectivity index (χ1n) is 17.9. The Kier molecular flexibility index (Phi) is 7.01. The van der Waals surface area contributed by atoms with Gasteiger partial charge in [0.2, 0.25) is 0 Å². The van der Waals surface area contributed by atoms with Crippen LogP contribution in [0.5, 0.6) is 0 Å². The van der Waals surface area contributed by atoms with Crippen LogP contribution < -0.4 is 0 Å². The van der Waals surface area contributed by atoms with E-state index in [1.807, 2.05) is 6.92 Å². The molecule has 0 amide bonds. The Bertz CT molecular complexity index is 1900. The van der Waals surface area contributed by atoms with Gasteiger partial charge in [-0.1, -0.05) is 42.0 Å². The lowest BCUT2D eigenvalue weighted by molar-refractivity contribution is -0.151. The number of H-pyrrole nitrogens is 2. The summed E-state index contributed by atoms with van der Waals surface area (Å²) < 4.78 is 5.53. The Balaban J connectivity index is 1.19. The summed E-state index contributed by atoms with van der Waals surface area (Å²) in [6.45, 7) is 7.26. The molecule has 7 heteroatoms. The Labute approximate surface area is 277 Å². The molecular weight excluding hydrogens is 584 g/mol. The predicted octanol–water partition coefficient (Wildman–Crippen LogP) is 6.12. The number of aromatic amines is 2. The zero-order valence-corrected chi connectivity index (χ0v) is 28.1. The van der Waals surface area contributed by atoms with Crippen LogP contribution in [-0.4, -0.2) is 82.8 Å². The first-order chi connectivity index (χ1) is 22.8. The van der Waals surface area contributed by atoms with Crippen molar-refractivity contribution < 1.29 is 14.6 Å². The molecule has 6 aliphatic rings. The molecule has 2 aromatic heterocycles. The average Bonchev–Trinajstić information content (AvgIpc) is 3.60. The fourth-order valence-corrected chi connectivity index (χ4v) is 11.2. The molecule has 47 heavy (non-hydrogen) atoms. The summed E-state index contributed by atoms with van der Waals surface area (Å²) in [5.41, 5.74) is 10.6. The Hall–Kier alpha value is -3.39. The molecular formula is C40H48N4O3. The van der Waals surface area contributed by atoms with Crippen LogP contribution in [0.3, 0.4) is 0 Å². The summed E-state index contributed by atoms with van der Waals surface area (Å²) in [5, 5.41) is 13.4. The van der Waals surface area contributed by atoms with Gasteiger partial charge in [-0.2, -0.15) is 0 Å². The molecule has 2 aromatic carbocycles. The standard InChI is InChI=1S/C40H48N4O3/c1-5-23-20-43(3)35-18-31-25-8-6-7-9-33(25)41-38(31)30(17-29(23)36(35)40(46)47-4)24-10-11-26-27-12-13-44-19-22-14-28(21(2)45)39(44)32(15-22)37(27)42-34(26)16-24/h5-11,16,21-22,28-30,32,35-36,39,41-42,45H,12-15,17-20H2,1-4H3/b23-5-/t21-,22-,28-,29+,30+,32+,35+,36+,39+/m1/s1. The normalized spacial score (nSPS) is 34.8. The van der Waals surface area contributed by atoms with Crippen LogP contribution in [0.25, 0.3) is 21.8 Å². The van der Waals surface area contributed by atoms with E-state index in [1.54, 1.807) is 7.11 Å². The fraction of sp³-hybridized carbons (Fsp3) is 0.525. The molecule has 6 bridgehead atoms. The van der Waals surface area contributed by atoms with Gasteiger partial charge in [0.15, 0.2) is 0 Å². The SMILES string of the molecule is C/C=C1/CN(C)[C@H]2Cc3c([nH]c4ccccc34)[C@H](c3ccc4c5c([nH]c4c3)[C@@H]3C[C@H]4C[C@H]([C@@H](C)O)[C@@H]3N(CC5)C4)C[C@@H]1[C@@H]2C(=O)OC. The molecule has 6 heterocycles. The number of fused-ring (bicyclic) bond motifs is 9. The summed E-state index contributed by atoms with van der Waals surface area (Å²) >= 11 is 0. The molecule has 4 aliphatic heterocycles. The average molecular weight is 633 g/mol. The Morgan fingerprint density at radius 1 is 1.02 bits per heavy atom. The van der Waals surface area contributed by atoms with Crippen molar-refractivity contribution in [3.63, 3.8) is 0 Å². The van der Waals surface area contributed by atoms with Gasteiger partial charge in [0.1, 0.15) is 0 Å². The van der Waals surface area contributed by atoms with Crippen molar-refractivity contribution in [1.82, 2.24) is 19.8 Å². The van der Waals surface area contributed by atoms with E-state index >= 15 is 0 Å². The van der Waals surface area contributed by atoms with Crippen LogP contribution in [0.4, 0.5) is 0 Å². The van der Waals surface area contributed by atoms with E-state index in [-0.39, 0.29) is 35.9 Å². The minimum Gasteiger partial charge on any atom is -0.469 e. The smallest absolute Gasteiger partial charge is 0.310 e. The topological polar surface area (TPSA) is 84.6 Å². The molecule has 1 saturated carbocycles. The summed E-state index contributed by atoms with van der Waals surface area (Å²) in [5.74, 6) is 1.37. The molecule has 0 radical (unpaired) electrons. The molecule has 2 aliphatic carbocycles. The van der Waals surface area contributed by atoms with Gasteiger partial charge in [0.25, 0.3) is 0 Å². The van der Waals surface area contributed by atoms with Gasteiger partial charge in [-0.3, -0.25) is 14.6 Å². The van der Waals surface area contributed by atoms with Gasteiger partial charge in [-0.25, -0.2) is 0 Å². The van der Waals surface area contributed by atoms with Crippen LogP contribution in [0.1, 0.15) is 73.0 Å². The van der Waals surface area contributed by atoms with Crippen molar-refractivity contribution in [2.75, 3.05) is 33.8 Å². The third-order valence-electron chi connectivity index (χ3n) is 13.2. The largest absolute Gasteiger partial charge is 0.469 e. The number of aliphatic hydroxyl groups excluding tert-OH is 1. The minimum atomic E-state index is -0.273. The number of nitrogens with zero attached hydrogens (tertiary/aromatic N) is 2. The van der Waals surface area contributed by atoms with Gasteiger partial charge >= 0.3 is 5.97 Å². The summed E-state index contributed by atoms with van der Waals surface area (Å²) in [6.07, 6.45) is 7.06. The first-order valence-corrected chi connectivity index (χ1v) is 17.9. The number of nitrogens with one attached hydrogen (secondary N) is 2. The minimum absolute atomic E-state index is 0.0764. The summed E-state index contributed by atoms with van der Waals surface area (Å²) in [4.78, 5) is 26.6. The first kappa shape index (κ1) is 29.7. The van der Waals surface area contributed by atoms with Gasteiger partial charge in [-0.15, -0.1) is 0 Å². The maximum absolute atomic E-state index is 13.6. The van der Waals surface area contributed by atoms with E-state index < -0.39 is 0 Å². The maximum Gasteiger partial charge on any atom is 0.310 e. The molecule has 3 N–H and O–H groups in total. The number of likely N-dealkylation sites (N-methyl/N-ethyl adjacent to an activating group) is 1. The summed E-state index contributed by atoms with van der Waals surface area (Å²) in [6, 6.07) is 16.3. The second-order valence-corrected chi connectivity index (χ2v) is 15.5. The number of carbonyl (C=O) groups excluding carboxylic acids is 1. The third-order valence-corrected chi connectivity index (χ3v) is 13.2. The van der Waals surface area contributed by atoms with Crippen molar-refractivity contribution in [3.8, 4) is 0 Å². The number of esters is 1. The number of allylic oxidation sites excluding steroid dienone is 1. The number of rotatable bonds is 3. The van der Waals surface area contributed by atoms with Crippen molar-refractivity contribution in [1.29, 1.82) is 0 Å². The van der Waals surface area contributed by atoms with Gasteiger partial charge < -0.3 is 19.8 Å². The molecule has 1 unspecified atom stereocenters. The highest BCUT2D eigenvalue weighted by atomic mass is 16.5. The van der Waals surface area contributed by atoms with Crippen LogP contribution in [0.15, 0.2) is 54.1 Å². The fourth-order valence-electron chi connectivity index (χ4n) is 11.2. The number of methoxy groups -OCH3 is 1. The number of piperidine rings is 3. The zero-order chi connectivity index (χ0) is 32.1. The van der Waals surface area contributed by atoms with Gasteiger partial charge in [0.05, 0.1) is 19.1 Å². The maximum atomic E-state index is 13.6. The van der Waals surface area contributed by atoms with Crippen molar-refractivity contribution in [2.24, 2.45) is 23.7 Å². The lowest BCUT2D eigenvalue weighted by Gasteiger charge is -2.54. The van der Waals surface area contributed by atoms with Crippen LogP contribution >= 0.6 is 0 Å². The number of hydrogen-bond acceptors (Lipinski definition) is 5. The highest BCUT2D eigenvalue weighted by Crippen LogP contribution is 2.52. The summed E-state index contributed by atoms with van der Waals surface area (Å²) in [7, 11) is 3.71. The van der Waals surface area contributed by atoms with E-state index in [2.05, 4.69) is 82.3 Å². The number of aliphatic hydroxyl groups is 1. The molecule has 246 valence electrons. The third kappa shape index (κ3) is 4.45.